The third-order valence-corrected chi connectivity index (χ3v) is 4.04. The molecule has 0 bridgehead atoms. The lowest BCUT2D eigenvalue weighted by Gasteiger charge is -2.41. The minimum absolute atomic E-state index is 0.229. The molecule has 22 heavy (non-hydrogen) atoms. The lowest BCUT2D eigenvalue weighted by Crippen LogP contribution is -2.50. The number of H-pyrrole nitrogens is 1. The second-order valence-electron chi connectivity index (χ2n) is 5.63. The Morgan fingerprint density at radius 1 is 1.36 bits per heavy atom. The van der Waals surface area contributed by atoms with E-state index in [1.807, 2.05) is 18.2 Å². The van der Waals surface area contributed by atoms with Gasteiger partial charge in [0.2, 0.25) is 5.88 Å². The minimum atomic E-state index is -0.900. The molecular formula is C15H15BrN2O4. The van der Waals surface area contributed by atoms with Crippen molar-refractivity contribution in [2.45, 2.75) is 31.7 Å². The summed E-state index contributed by atoms with van der Waals surface area (Å²) in [6.07, 6.45) is -1.56. The summed E-state index contributed by atoms with van der Waals surface area (Å²) in [4.78, 5) is 11.1. The zero-order chi connectivity index (χ0) is 15.9. The average Bonchev–Trinajstić information content (AvgIpc) is 2.47. The highest BCUT2D eigenvalue weighted by Crippen LogP contribution is 2.42. The molecule has 3 rings (SSSR count). The number of fused-ring (bicyclic) bond motifs is 1. The monoisotopic (exact) mass is 366 g/mol. The molecule has 1 aromatic heterocycles. The van der Waals surface area contributed by atoms with Crippen molar-refractivity contribution in [3.8, 4) is 11.6 Å². The lowest BCUT2D eigenvalue weighted by atomic mass is 9.88. The van der Waals surface area contributed by atoms with Gasteiger partial charge in [-0.3, -0.25) is 4.79 Å². The highest BCUT2D eigenvalue weighted by molar-refractivity contribution is 9.10. The number of aromatic nitrogens is 2. The number of ether oxygens (including phenoxy) is 2. The van der Waals surface area contributed by atoms with Gasteiger partial charge in [-0.05, 0) is 32.0 Å². The number of aliphatic hydroxyl groups is 1. The molecule has 0 saturated heterocycles. The maximum absolute atomic E-state index is 11.1. The number of halogens is 1. The van der Waals surface area contributed by atoms with Crippen LogP contribution < -0.4 is 15.0 Å². The highest BCUT2D eigenvalue weighted by atomic mass is 79.9. The predicted molar refractivity (Wildman–Crippen MR) is 83.1 cm³/mol. The van der Waals surface area contributed by atoms with Gasteiger partial charge in [-0.25, -0.2) is 5.10 Å². The van der Waals surface area contributed by atoms with Crippen LogP contribution in [0, 0.1) is 0 Å². The number of benzene rings is 1. The van der Waals surface area contributed by atoms with Crippen LogP contribution in [0.2, 0.25) is 0 Å². The number of hydrogen-bond donors (Lipinski definition) is 2. The summed E-state index contributed by atoms with van der Waals surface area (Å²) in [6.45, 7) is 3.58. The molecule has 1 aromatic carbocycles. The molecule has 0 amide bonds. The molecule has 0 saturated carbocycles. The van der Waals surface area contributed by atoms with Gasteiger partial charge in [0, 0.05) is 22.2 Å². The summed E-state index contributed by atoms with van der Waals surface area (Å²) in [5.74, 6) is 0.875. The fourth-order valence-corrected chi connectivity index (χ4v) is 2.75. The lowest BCUT2D eigenvalue weighted by molar-refractivity contribution is -0.104. The fourth-order valence-electron chi connectivity index (χ4n) is 2.37. The van der Waals surface area contributed by atoms with E-state index < -0.39 is 17.8 Å². The van der Waals surface area contributed by atoms with Gasteiger partial charge in [0.05, 0.1) is 0 Å². The fraction of sp³-hybridized carbons (Fsp3) is 0.333. The molecule has 2 N–H and O–H groups in total. The molecule has 7 heteroatoms. The molecular weight excluding hydrogens is 352 g/mol. The van der Waals surface area contributed by atoms with Crippen molar-refractivity contribution in [1.29, 1.82) is 0 Å². The van der Waals surface area contributed by atoms with Crippen LogP contribution in [0.15, 0.2) is 39.6 Å². The van der Waals surface area contributed by atoms with Crippen LogP contribution in [-0.4, -0.2) is 27.0 Å². The second kappa shape index (κ2) is 5.40. The van der Waals surface area contributed by atoms with E-state index in [2.05, 4.69) is 26.1 Å². The molecule has 2 atom stereocenters. The number of aliphatic hydroxyl groups excluding tert-OH is 1. The Morgan fingerprint density at radius 3 is 2.82 bits per heavy atom. The van der Waals surface area contributed by atoms with Crippen LogP contribution in [0.4, 0.5) is 0 Å². The van der Waals surface area contributed by atoms with E-state index in [0.29, 0.717) is 11.3 Å². The minimum Gasteiger partial charge on any atom is -0.485 e. The van der Waals surface area contributed by atoms with Crippen molar-refractivity contribution in [3.05, 3.63) is 50.7 Å². The first kappa shape index (κ1) is 15.1. The summed E-state index contributed by atoms with van der Waals surface area (Å²) in [5, 5.41) is 16.7. The Bertz CT molecular complexity index is 739. The maximum Gasteiger partial charge on any atom is 0.264 e. The maximum atomic E-state index is 11.1. The van der Waals surface area contributed by atoms with E-state index in [1.54, 1.807) is 13.8 Å². The number of nitrogens with zero attached hydrogens (tertiary/aromatic N) is 1. The Kier molecular flexibility index (Phi) is 3.70. The smallest absolute Gasteiger partial charge is 0.264 e. The second-order valence-corrected chi connectivity index (χ2v) is 6.55. The van der Waals surface area contributed by atoms with Gasteiger partial charge in [0.1, 0.15) is 17.5 Å². The molecule has 2 heterocycles. The first-order valence-corrected chi connectivity index (χ1v) is 7.55. The van der Waals surface area contributed by atoms with Crippen LogP contribution in [0.25, 0.3) is 0 Å². The Labute approximate surface area is 135 Å². The first-order chi connectivity index (χ1) is 10.4. The Balaban J connectivity index is 2.02. The largest absolute Gasteiger partial charge is 0.485 e. The first-order valence-electron chi connectivity index (χ1n) is 6.76. The normalized spacial score (nSPS) is 22.5. The molecule has 1 aliphatic rings. The van der Waals surface area contributed by atoms with Gasteiger partial charge in [-0.1, -0.05) is 15.9 Å². The van der Waals surface area contributed by atoms with E-state index in [4.69, 9.17) is 9.47 Å². The van der Waals surface area contributed by atoms with Gasteiger partial charge in [0.15, 0.2) is 6.10 Å². The summed E-state index contributed by atoms with van der Waals surface area (Å²) < 4.78 is 12.5. The SMILES string of the molecule is CC1(C)Oc2ccc(Br)cc2[C@@H](Oc2ccc(=O)[nH]n2)[C@@H]1O. The predicted octanol–water partition coefficient (Wildman–Crippen LogP) is 2.18. The topological polar surface area (TPSA) is 84.4 Å². The third kappa shape index (κ3) is 2.74. The molecule has 6 nitrogen and oxygen atoms in total. The van der Waals surface area contributed by atoms with E-state index in [9.17, 15) is 9.90 Å². The summed E-state index contributed by atoms with van der Waals surface area (Å²) in [7, 11) is 0. The molecule has 0 aliphatic carbocycles. The Hall–Kier alpha value is -1.86. The van der Waals surface area contributed by atoms with Crippen molar-refractivity contribution >= 4 is 15.9 Å². The van der Waals surface area contributed by atoms with Crippen LogP contribution in [-0.2, 0) is 0 Å². The zero-order valence-electron chi connectivity index (χ0n) is 12.0. The average molecular weight is 367 g/mol. The number of rotatable bonds is 2. The van der Waals surface area contributed by atoms with Crippen LogP contribution in [0.1, 0.15) is 25.5 Å². The number of nitrogens with one attached hydrogen (secondary N) is 1. The van der Waals surface area contributed by atoms with Gasteiger partial charge in [-0.15, -0.1) is 5.10 Å². The molecule has 0 radical (unpaired) electrons. The standard InChI is InChI=1S/C15H15BrN2O4/c1-15(2)14(20)13(21-12-6-5-11(19)17-18-12)9-7-8(16)3-4-10(9)22-15/h3-7,13-14,20H,1-2H3,(H,17,19)/t13-,14+/m1/s1. The van der Waals surface area contributed by atoms with E-state index in [0.717, 1.165) is 4.47 Å². The molecule has 2 aromatic rings. The molecule has 116 valence electrons. The number of hydrogen-bond acceptors (Lipinski definition) is 5. The zero-order valence-corrected chi connectivity index (χ0v) is 13.6. The van der Waals surface area contributed by atoms with Crippen molar-refractivity contribution in [3.63, 3.8) is 0 Å². The number of aromatic amines is 1. The quantitative estimate of drug-likeness (QED) is 0.850. The van der Waals surface area contributed by atoms with Gasteiger partial charge in [-0.2, -0.15) is 0 Å². The molecule has 0 fully saturated rings. The van der Waals surface area contributed by atoms with Crippen molar-refractivity contribution < 1.29 is 14.6 Å². The van der Waals surface area contributed by atoms with Gasteiger partial charge < -0.3 is 14.6 Å². The Morgan fingerprint density at radius 2 is 2.14 bits per heavy atom. The van der Waals surface area contributed by atoms with Gasteiger partial charge >= 0.3 is 0 Å². The highest BCUT2D eigenvalue weighted by Gasteiger charge is 2.44. The van der Waals surface area contributed by atoms with Crippen LogP contribution in [0.5, 0.6) is 11.6 Å². The third-order valence-electron chi connectivity index (χ3n) is 3.55. The van der Waals surface area contributed by atoms with Crippen molar-refractivity contribution in [2.75, 3.05) is 0 Å². The summed E-state index contributed by atoms with van der Waals surface area (Å²) >= 11 is 3.41. The van der Waals surface area contributed by atoms with Crippen molar-refractivity contribution in [1.82, 2.24) is 10.2 Å². The van der Waals surface area contributed by atoms with Crippen LogP contribution >= 0.6 is 15.9 Å². The molecule has 0 spiro atoms. The van der Waals surface area contributed by atoms with Gasteiger partial charge in [0.25, 0.3) is 5.56 Å². The summed E-state index contributed by atoms with van der Waals surface area (Å²) in [5.41, 5.74) is -0.411. The van der Waals surface area contributed by atoms with Crippen molar-refractivity contribution in [2.24, 2.45) is 0 Å². The van der Waals surface area contributed by atoms with Crippen LogP contribution in [0.3, 0.4) is 0 Å². The summed E-state index contributed by atoms with van der Waals surface area (Å²) in [6, 6.07) is 8.31. The van der Waals surface area contributed by atoms with E-state index >= 15 is 0 Å². The van der Waals surface area contributed by atoms with E-state index in [1.165, 1.54) is 12.1 Å². The van der Waals surface area contributed by atoms with E-state index in [-0.39, 0.29) is 11.4 Å². The molecule has 0 unspecified atom stereocenters. The molecule has 1 aliphatic heterocycles.